The third-order valence-electron chi connectivity index (χ3n) is 3.41. The molecule has 0 amide bonds. The first-order chi connectivity index (χ1) is 10.2. The minimum absolute atomic E-state index is 0.172. The van der Waals surface area contributed by atoms with Gasteiger partial charge in [0.25, 0.3) is 0 Å². The van der Waals surface area contributed by atoms with E-state index in [0.717, 1.165) is 18.9 Å². The van der Waals surface area contributed by atoms with Crippen LogP contribution in [0.15, 0.2) is 18.5 Å². The molecule has 1 saturated heterocycles. The molecule has 112 valence electrons. The van der Waals surface area contributed by atoms with Crippen molar-refractivity contribution in [3.63, 3.8) is 0 Å². The molecule has 0 N–H and O–H groups in total. The largest absolute Gasteiger partial charge is 0.462 e. The van der Waals surface area contributed by atoms with Crippen LogP contribution in [0.2, 0.25) is 0 Å². The Labute approximate surface area is 122 Å². The Morgan fingerprint density at radius 3 is 3.19 bits per heavy atom. The zero-order chi connectivity index (χ0) is 14.8. The number of carbonyl (C=O) groups is 1. The summed E-state index contributed by atoms with van der Waals surface area (Å²) in [5.41, 5.74) is 0.908. The van der Waals surface area contributed by atoms with E-state index < -0.39 is 5.97 Å². The zero-order valence-electron chi connectivity index (χ0n) is 12.2. The van der Waals surface area contributed by atoms with Gasteiger partial charge >= 0.3 is 5.97 Å². The minimum Gasteiger partial charge on any atom is -0.462 e. The summed E-state index contributed by atoms with van der Waals surface area (Å²) in [6, 6.07) is 1.90. The first kappa shape index (κ1) is 13.8. The van der Waals surface area contributed by atoms with Gasteiger partial charge in [-0.3, -0.25) is 0 Å². The first-order valence-corrected chi connectivity index (χ1v) is 7.07. The molecule has 1 aliphatic rings. The lowest BCUT2D eigenvalue weighted by Gasteiger charge is -2.31. The van der Waals surface area contributed by atoms with E-state index in [-0.39, 0.29) is 6.10 Å². The third kappa shape index (κ3) is 2.69. The number of esters is 1. The molecule has 1 fully saturated rings. The number of carbonyl (C=O) groups excluding carboxylic acids is 1. The Bertz CT molecular complexity index is 655. The average Bonchev–Trinajstić information content (AvgIpc) is 2.90. The second kappa shape index (κ2) is 5.69. The molecule has 3 heterocycles. The van der Waals surface area contributed by atoms with E-state index in [1.54, 1.807) is 17.6 Å². The number of morpholine rings is 1. The molecule has 0 radical (unpaired) electrons. The molecule has 1 unspecified atom stereocenters. The molecule has 3 rings (SSSR count). The number of aromatic nitrogens is 3. The summed E-state index contributed by atoms with van der Waals surface area (Å²) in [5.74, 6) is 0.427. The minimum atomic E-state index is -0.396. The number of anilines is 1. The molecule has 0 spiro atoms. The molecule has 2 aromatic heterocycles. The van der Waals surface area contributed by atoms with Gasteiger partial charge in [0.15, 0.2) is 5.65 Å². The monoisotopic (exact) mass is 290 g/mol. The van der Waals surface area contributed by atoms with Crippen LogP contribution >= 0.6 is 0 Å². The molecule has 7 heteroatoms. The highest BCUT2D eigenvalue weighted by atomic mass is 16.5. The van der Waals surface area contributed by atoms with Crippen molar-refractivity contribution in [2.75, 3.05) is 31.2 Å². The lowest BCUT2D eigenvalue weighted by Crippen LogP contribution is -2.41. The van der Waals surface area contributed by atoms with E-state index >= 15 is 0 Å². The van der Waals surface area contributed by atoms with Crippen molar-refractivity contribution in [1.82, 2.24) is 14.6 Å². The standard InChI is InChI=1S/C14H18N4O3/c1-3-20-14(19)11-8-15-18-5-4-12(16-13(11)18)17-6-7-21-10(2)9-17/h4-5,8,10H,3,6-7,9H2,1-2H3. The van der Waals surface area contributed by atoms with Crippen molar-refractivity contribution in [2.45, 2.75) is 20.0 Å². The molecule has 1 atom stereocenters. The van der Waals surface area contributed by atoms with Crippen LogP contribution in [0.4, 0.5) is 5.82 Å². The van der Waals surface area contributed by atoms with Crippen molar-refractivity contribution < 1.29 is 14.3 Å². The Morgan fingerprint density at radius 1 is 1.57 bits per heavy atom. The highest BCUT2D eigenvalue weighted by molar-refractivity contribution is 5.95. The Morgan fingerprint density at radius 2 is 2.43 bits per heavy atom. The lowest BCUT2D eigenvalue weighted by molar-refractivity contribution is 0.0522. The molecule has 7 nitrogen and oxygen atoms in total. The summed E-state index contributed by atoms with van der Waals surface area (Å²) >= 11 is 0. The van der Waals surface area contributed by atoms with Crippen molar-refractivity contribution in [2.24, 2.45) is 0 Å². The van der Waals surface area contributed by atoms with Gasteiger partial charge in [-0.1, -0.05) is 0 Å². The molecule has 21 heavy (non-hydrogen) atoms. The summed E-state index contributed by atoms with van der Waals surface area (Å²) in [6.45, 7) is 6.39. The smallest absolute Gasteiger partial charge is 0.343 e. The van der Waals surface area contributed by atoms with E-state index in [1.165, 1.54) is 6.20 Å². The molecular formula is C14H18N4O3. The van der Waals surface area contributed by atoms with Crippen molar-refractivity contribution in [1.29, 1.82) is 0 Å². The molecule has 0 saturated carbocycles. The second-order valence-electron chi connectivity index (χ2n) is 4.96. The third-order valence-corrected chi connectivity index (χ3v) is 3.41. The van der Waals surface area contributed by atoms with Crippen LogP contribution in [-0.2, 0) is 9.47 Å². The first-order valence-electron chi connectivity index (χ1n) is 7.07. The van der Waals surface area contributed by atoms with Gasteiger partial charge in [0.2, 0.25) is 0 Å². The molecule has 1 aliphatic heterocycles. The quantitative estimate of drug-likeness (QED) is 0.789. The summed E-state index contributed by atoms with van der Waals surface area (Å²) in [5, 5.41) is 4.13. The fourth-order valence-electron chi connectivity index (χ4n) is 2.41. The molecule has 2 aromatic rings. The molecule has 0 bridgehead atoms. The predicted molar refractivity (Wildman–Crippen MR) is 76.6 cm³/mol. The number of fused-ring (bicyclic) bond motifs is 1. The number of nitrogens with zero attached hydrogens (tertiary/aromatic N) is 4. The maximum Gasteiger partial charge on any atom is 0.343 e. The van der Waals surface area contributed by atoms with Crippen molar-refractivity contribution in [3.8, 4) is 0 Å². The normalized spacial score (nSPS) is 19.0. The van der Waals surface area contributed by atoms with Crippen LogP contribution in [0.25, 0.3) is 5.65 Å². The van der Waals surface area contributed by atoms with Crippen LogP contribution in [0, 0.1) is 0 Å². The van der Waals surface area contributed by atoms with Gasteiger partial charge in [-0.2, -0.15) is 5.10 Å². The van der Waals surface area contributed by atoms with Gasteiger partial charge in [0, 0.05) is 19.3 Å². The number of hydrogen-bond donors (Lipinski definition) is 0. The maximum absolute atomic E-state index is 11.9. The Balaban J connectivity index is 1.94. The summed E-state index contributed by atoms with van der Waals surface area (Å²) in [7, 11) is 0. The SMILES string of the molecule is CCOC(=O)c1cnn2ccc(N3CCOC(C)C3)nc12. The molecule has 0 aliphatic carbocycles. The van der Waals surface area contributed by atoms with Gasteiger partial charge in [-0.15, -0.1) is 0 Å². The van der Waals surface area contributed by atoms with Crippen LogP contribution in [0.5, 0.6) is 0 Å². The maximum atomic E-state index is 11.9. The Kier molecular flexibility index (Phi) is 3.74. The van der Waals surface area contributed by atoms with Gasteiger partial charge in [0.05, 0.1) is 25.5 Å². The van der Waals surface area contributed by atoms with Crippen molar-refractivity contribution >= 4 is 17.4 Å². The highest BCUT2D eigenvalue weighted by Crippen LogP contribution is 2.18. The summed E-state index contributed by atoms with van der Waals surface area (Å²) in [6.07, 6.45) is 3.47. The van der Waals surface area contributed by atoms with Crippen LogP contribution in [0.3, 0.4) is 0 Å². The van der Waals surface area contributed by atoms with E-state index in [0.29, 0.717) is 24.4 Å². The Hall–Kier alpha value is -2.15. The average molecular weight is 290 g/mol. The molecular weight excluding hydrogens is 272 g/mol. The van der Waals surface area contributed by atoms with Gasteiger partial charge in [0.1, 0.15) is 11.4 Å². The van der Waals surface area contributed by atoms with Gasteiger partial charge in [-0.05, 0) is 19.9 Å². The highest BCUT2D eigenvalue weighted by Gasteiger charge is 2.20. The van der Waals surface area contributed by atoms with Gasteiger partial charge in [-0.25, -0.2) is 14.3 Å². The van der Waals surface area contributed by atoms with Crippen LogP contribution in [-0.4, -0.2) is 53.0 Å². The summed E-state index contributed by atoms with van der Waals surface area (Å²) in [4.78, 5) is 18.6. The van der Waals surface area contributed by atoms with Gasteiger partial charge < -0.3 is 14.4 Å². The fraction of sp³-hybridized carbons (Fsp3) is 0.500. The molecule has 0 aromatic carbocycles. The zero-order valence-corrected chi connectivity index (χ0v) is 12.2. The fourth-order valence-corrected chi connectivity index (χ4v) is 2.41. The number of ether oxygens (including phenoxy) is 2. The number of rotatable bonds is 3. The van der Waals surface area contributed by atoms with E-state index in [1.807, 2.05) is 13.0 Å². The topological polar surface area (TPSA) is 69.0 Å². The van der Waals surface area contributed by atoms with Crippen molar-refractivity contribution in [3.05, 3.63) is 24.0 Å². The van der Waals surface area contributed by atoms with E-state index in [9.17, 15) is 4.79 Å². The predicted octanol–water partition coefficient (Wildman–Crippen LogP) is 1.13. The van der Waals surface area contributed by atoms with Crippen LogP contribution < -0.4 is 4.90 Å². The number of hydrogen-bond acceptors (Lipinski definition) is 6. The second-order valence-corrected chi connectivity index (χ2v) is 4.96. The van der Waals surface area contributed by atoms with E-state index in [2.05, 4.69) is 15.0 Å². The lowest BCUT2D eigenvalue weighted by atomic mass is 10.3. The van der Waals surface area contributed by atoms with E-state index in [4.69, 9.17) is 9.47 Å². The summed E-state index contributed by atoms with van der Waals surface area (Å²) < 4.78 is 12.1. The van der Waals surface area contributed by atoms with Crippen LogP contribution in [0.1, 0.15) is 24.2 Å².